The number of amides is 1. The molecule has 16 heavy (non-hydrogen) atoms. The standard InChI is InChI=1S/C11H15NO4/c1-2-7(6-13)12-11(16)9-4-3-8(14)5-10(9)15/h3-5,7,13-15H,2,6H2,1H3,(H,12,16)/t7-/m1/s1. The number of aliphatic hydroxyl groups is 1. The smallest absolute Gasteiger partial charge is 0.255 e. The van der Waals surface area contributed by atoms with Crippen molar-refractivity contribution in [1.29, 1.82) is 0 Å². The van der Waals surface area contributed by atoms with Crippen molar-refractivity contribution >= 4 is 5.91 Å². The van der Waals surface area contributed by atoms with E-state index < -0.39 is 5.91 Å². The molecule has 4 N–H and O–H groups in total. The first-order valence-electron chi connectivity index (χ1n) is 5.02. The van der Waals surface area contributed by atoms with Crippen molar-refractivity contribution in [2.45, 2.75) is 19.4 Å². The second-order valence-corrected chi connectivity index (χ2v) is 3.46. The van der Waals surface area contributed by atoms with Crippen LogP contribution in [0.5, 0.6) is 11.5 Å². The van der Waals surface area contributed by atoms with Crippen LogP contribution in [-0.2, 0) is 0 Å². The fraction of sp³-hybridized carbons (Fsp3) is 0.364. The van der Waals surface area contributed by atoms with Gasteiger partial charge in [-0.25, -0.2) is 0 Å². The number of carbonyl (C=O) groups is 1. The van der Waals surface area contributed by atoms with Crippen molar-refractivity contribution in [1.82, 2.24) is 5.32 Å². The number of nitrogens with one attached hydrogen (secondary N) is 1. The molecule has 0 aliphatic heterocycles. The molecule has 0 radical (unpaired) electrons. The fourth-order valence-corrected chi connectivity index (χ4v) is 1.25. The van der Waals surface area contributed by atoms with Crippen LogP contribution in [0.2, 0.25) is 0 Å². The summed E-state index contributed by atoms with van der Waals surface area (Å²) in [5.41, 5.74) is 0.0738. The molecule has 0 fully saturated rings. The Balaban J connectivity index is 2.80. The lowest BCUT2D eigenvalue weighted by Gasteiger charge is -2.14. The monoisotopic (exact) mass is 225 g/mol. The van der Waals surface area contributed by atoms with Crippen molar-refractivity contribution in [2.24, 2.45) is 0 Å². The molecule has 1 rings (SSSR count). The second-order valence-electron chi connectivity index (χ2n) is 3.46. The summed E-state index contributed by atoms with van der Waals surface area (Å²) in [7, 11) is 0. The topological polar surface area (TPSA) is 89.8 Å². The molecule has 0 saturated heterocycles. The molecule has 0 aromatic heterocycles. The summed E-state index contributed by atoms with van der Waals surface area (Å²) in [5.74, 6) is -0.869. The van der Waals surface area contributed by atoms with E-state index in [1.165, 1.54) is 12.1 Å². The van der Waals surface area contributed by atoms with Crippen LogP contribution in [0.1, 0.15) is 23.7 Å². The van der Waals surface area contributed by atoms with Gasteiger partial charge >= 0.3 is 0 Å². The van der Waals surface area contributed by atoms with Gasteiger partial charge in [-0.3, -0.25) is 4.79 Å². The van der Waals surface area contributed by atoms with Gasteiger partial charge in [0.1, 0.15) is 11.5 Å². The molecule has 88 valence electrons. The highest BCUT2D eigenvalue weighted by atomic mass is 16.3. The van der Waals surface area contributed by atoms with Crippen LogP contribution in [0, 0.1) is 0 Å². The molecule has 0 aliphatic rings. The average molecular weight is 225 g/mol. The molecule has 1 amide bonds. The summed E-state index contributed by atoms with van der Waals surface area (Å²) in [6.45, 7) is 1.68. The number of hydrogen-bond acceptors (Lipinski definition) is 4. The predicted molar refractivity (Wildman–Crippen MR) is 58.4 cm³/mol. The quantitative estimate of drug-likeness (QED) is 0.604. The number of carbonyl (C=O) groups excluding carboxylic acids is 1. The zero-order valence-electron chi connectivity index (χ0n) is 8.97. The summed E-state index contributed by atoms with van der Waals surface area (Å²) in [6, 6.07) is 3.40. The van der Waals surface area contributed by atoms with Crippen LogP contribution >= 0.6 is 0 Å². The molecular formula is C11H15NO4. The summed E-state index contributed by atoms with van der Waals surface area (Å²) < 4.78 is 0. The molecule has 0 saturated carbocycles. The van der Waals surface area contributed by atoms with Gasteiger partial charge in [-0.05, 0) is 18.6 Å². The Hall–Kier alpha value is -1.75. The van der Waals surface area contributed by atoms with Crippen molar-refractivity contribution in [3.05, 3.63) is 23.8 Å². The number of benzene rings is 1. The van der Waals surface area contributed by atoms with Crippen LogP contribution in [-0.4, -0.2) is 33.9 Å². The minimum atomic E-state index is -0.474. The molecule has 0 bridgehead atoms. The van der Waals surface area contributed by atoms with Gasteiger partial charge in [-0.15, -0.1) is 0 Å². The lowest BCUT2D eigenvalue weighted by atomic mass is 10.1. The van der Waals surface area contributed by atoms with E-state index in [1.54, 1.807) is 0 Å². The molecule has 0 aliphatic carbocycles. The Kier molecular flexibility index (Phi) is 4.13. The number of hydrogen-bond donors (Lipinski definition) is 4. The summed E-state index contributed by atoms with van der Waals surface area (Å²) >= 11 is 0. The molecular weight excluding hydrogens is 210 g/mol. The second kappa shape index (κ2) is 5.37. The number of phenols is 2. The molecule has 1 aromatic carbocycles. The van der Waals surface area contributed by atoms with Crippen LogP contribution in [0.3, 0.4) is 0 Å². The highest BCUT2D eigenvalue weighted by Gasteiger charge is 2.14. The fourth-order valence-electron chi connectivity index (χ4n) is 1.25. The van der Waals surface area contributed by atoms with Crippen LogP contribution in [0.15, 0.2) is 18.2 Å². The largest absolute Gasteiger partial charge is 0.508 e. The third-order valence-electron chi connectivity index (χ3n) is 2.27. The lowest BCUT2D eigenvalue weighted by molar-refractivity contribution is 0.0912. The van der Waals surface area contributed by atoms with Gasteiger partial charge in [0.15, 0.2) is 0 Å². The Bertz CT molecular complexity index is 374. The zero-order valence-corrected chi connectivity index (χ0v) is 8.97. The molecule has 0 heterocycles. The maximum Gasteiger partial charge on any atom is 0.255 e. The minimum absolute atomic E-state index is 0.0738. The van der Waals surface area contributed by atoms with Crippen LogP contribution < -0.4 is 5.32 Å². The van der Waals surface area contributed by atoms with Crippen molar-refractivity contribution in [2.75, 3.05) is 6.61 Å². The van der Waals surface area contributed by atoms with E-state index in [-0.39, 0.29) is 29.7 Å². The Morgan fingerprint density at radius 1 is 1.44 bits per heavy atom. The van der Waals surface area contributed by atoms with Gasteiger partial charge in [0.25, 0.3) is 5.91 Å². The molecule has 1 atom stereocenters. The predicted octanol–water partition coefficient (Wildman–Crippen LogP) is 0.599. The van der Waals surface area contributed by atoms with E-state index in [0.29, 0.717) is 6.42 Å². The summed E-state index contributed by atoms with van der Waals surface area (Å²) in [5, 5.41) is 30.0. The highest BCUT2D eigenvalue weighted by Crippen LogP contribution is 2.22. The van der Waals surface area contributed by atoms with Gasteiger partial charge < -0.3 is 20.6 Å². The first-order chi connectivity index (χ1) is 7.58. The SMILES string of the molecule is CC[C@H](CO)NC(=O)c1ccc(O)cc1O. The van der Waals surface area contributed by atoms with E-state index in [9.17, 15) is 9.90 Å². The van der Waals surface area contributed by atoms with Gasteiger partial charge in [-0.1, -0.05) is 6.92 Å². The van der Waals surface area contributed by atoms with Crippen molar-refractivity contribution < 1.29 is 20.1 Å². The number of aromatic hydroxyl groups is 2. The van der Waals surface area contributed by atoms with E-state index in [2.05, 4.69) is 5.32 Å². The highest BCUT2D eigenvalue weighted by molar-refractivity contribution is 5.97. The van der Waals surface area contributed by atoms with Crippen LogP contribution in [0.4, 0.5) is 0 Å². The third kappa shape index (κ3) is 2.87. The Morgan fingerprint density at radius 3 is 2.62 bits per heavy atom. The average Bonchev–Trinajstić information content (AvgIpc) is 2.25. The Labute approximate surface area is 93.4 Å². The van der Waals surface area contributed by atoms with E-state index in [1.807, 2.05) is 6.92 Å². The lowest BCUT2D eigenvalue weighted by Crippen LogP contribution is -2.36. The number of phenolic OH excluding ortho intramolecular Hbond substituents is 2. The summed E-state index contributed by atoms with van der Waals surface area (Å²) in [4.78, 5) is 11.6. The van der Waals surface area contributed by atoms with Crippen molar-refractivity contribution in [3.8, 4) is 11.5 Å². The van der Waals surface area contributed by atoms with Crippen LogP contribution in [0.25, 0.3) is 0 Å². The normalized spacial score (nSPS) is 12.1. The molecule has 0 spiro atoms. The van der Waals surface area contributed by atoms with Gasteiger partial charge in [0.2, 0.25) is 0 Å². The maximum atomic E-state index is 11.6. The van der Waals surface area contributed by atoms with Gasteiger partial charge in [0.05, 0.1) is 18.2 Å². The van der Waals surface area contributed by atoms with E-state index in [0.717, 1.165) is 6.07 Å². The molecule has 1 aromatic rings. The first-order valence-corrected chi connectivity index (χ1v) is 5.02. The number of rotatable bonds is 4. The van der Waals surface area contributed by atoms with Gasteiger partial charge in [-0.2, -0.15) is 0 Å². The van der Waals surface area contributed by atoms with E-state index >= 15 is 0 Å². The maximum absolute atomic E-state index is 11.6. The zero-order chi connectivity index (χ0) is 12.1. The molecule has 0 unspecified atom stereocenters. The molecule has 5 nitrogen and oxygen atoms in total. The Morgan fingerprint density at radius 2 is 2.12 bits per heavy atom. The first kappa shape index (κ1) is 12.3. The number of aliphatic hydroxyl groups excluding tert-OH is 1. The van der Waals surface area contributed by atoms with E-state index in [4.69, 9.17) is 10.2 Å². The minimum Gasteiger partial charge on any atom is -0.508 e. The third-order valence-corrected chi connectivity index (χ3v) is 2.27. The van der Waals surface area contributed by atoms with Crippen molar-refractivity contribution in [3.63, 3.8) is 0 Å². The van der Waals surface area contributed by atoms with Gasteiger partial charge in [0, 0.05) is 6.07 Å². The molecule has 5 heteroatoms. The summed E-state index contributed by atoms with van der Waals surface area (Å²) in [6.07, 6.45) is 0.598.